The van der Waals surface area contributed by atoms with Crippen molar-refractivity contribution >= 4 is 11.7 Å². The summed E-state index contributed by atoms with van der Waals surface area (Å²) in [6, 6.07) is 0. The van der Waals surface area contributed by atoms with Crippen molar-refractivity contribution in [2.75, 3.05) is 18.4 Å². The molecule has 1 heterocycles. The Morgan fingerprint density at radius 3 is 2.78 bits per heavy atom. The van der Waals surface area contributed by atoms with E-state index in [0.29, 0.717) is 11.5 Å². The molecular weight excluding hydrogens is 228 g/mol. The number of anilines is 1. The third-order valence-electron chi connectivity index (χ3n) is 2.98. The van der Waals surface area contributed by atoms with E-state index in [1.807, 2.05) is 0 Å². The van der Waals surface area contributed by atoms with E-state index in [2.05, 4.69) is 27.5 Å². The predicted octanol–water partition coefficient (Wildman–Crippen LogP) is 1.83. The second kappa shape index (κ2) is 6.33. The Kier molecular flexibility index (Phi) is 4.50. The zero-order chi connectivity index (χ0) is 12.8. The molecule has 0 bridgehead atoms. The monoisotopic (exact) mass is 248 g/mol. The summed E-state index contributed by atoms with van der Waals surface area (Å²) in [7, 11) is 0. The van der Waals surface area contributed by atoms with Gasteiger partial charge in [-0.3, -0.25) is 4.79 Å². The Balaban J connectivity index is 1.77. The van der Waals surface area contributed by atoms with Gasteiger partial charge in [-0.1, -0.05) is 19.8 Å². The van der Waals surface area contributed by atoms with Crippen LogP contribution in [0.1, 0.15) is 43.1 Å². The van der Waals surface area contributed by atoms with Gasteiger partial charge in [0.2, 0.25) is 0 Å². The van der Waals surface area contributed by atoms with Gasteiger partial charge in [0.05, 0.1) is 12.4 Å². The van der Waals surface area contributed by atoms with Crippen molar-refractivity contribution in [2.45, 2.75) is 32.6 Å². The maximum atomic E-state index is 11.7. The fourth-order valence-electron chi connectivity index (χ4n) is 1.68. The largest absolute Gasteiger partial charge is 0.369 e. The average molecular weight is 248 g/mol. The summed E-state index contributed by atoms with van der Waals surface area (Å²) in [5, 5.41) is 5.99. The molecule has 98 valence electrons. The number of aromatic nitrogens is 2. The van der Waals surface area contributed by atoms with E-state index in [-0.39, 0.29) is 5.91 Å². The zero-order valence-electron chi connectivity index (χ0n) is 10.8. The third-order valence-corrected chi connectivity index (χ3v) is 2.98. The Morgan fingerprint density at radius 1 is 1.33 bits per heavy atom. The molecule has 0 saturated heterocycles. The van der Waals surface area contributed by atoms with Crippen LogP contribution in [0.5, 0.6) is 0 Å². The second-order valence-corrected chi connectivity index (χ2v) is 4.70. The minimum absolute atomic E-state index is 0.134. The average Bonchev–Trinajstić information content (AvgIpc) is 3.21. The zero-order valence-corrected chi connectivity index (χ0v) is 10.8. The van der Waals surface area contributed by atoms with E-state index in [4.69, 9.17) is 0 Å². The molecular formula is C13H20N4O. The van der Waals surface area contributed by atoms with E-state index in [1.54, 1.807) is 6.20 Å². The van der Waals surface area contributed by atoms with Crippen LogP contribution in [0.4, 0.5) is 5.82 Å². The van der Waals surface area contributed by atoms with E-state index in [1.165, 1.54) is 19.0 Å². The molecule has 1 aromatic rings. The maximum absolute atomic E-state index is 11.7. The van der Waals surface area contributed by atoms with Crippen LogP contribution in [-0.4, -0.2) is 29.0 Å². The topological polar surface area (TPSA) is 66.9 Å². The normalized spacial score (nSPS) is 14.3. The molecule has 1 aromatic heterocycles. The molecule has 5 nitrogen and oxygen atoms in total. The summed E-state index contributed by atoms with van der Waals surface area (Å²) in [4.78, 5) is 20.0. The smallest absolute Gasteiger partial charge is 0.271 e. The van der Waals surface area contributed by atoms with Crippen LogP contribution in [0.25, 0.3) is 0 Å². The molecule has 0 aromatic carbocycles. The summed E-state index contributed by atoms with van der Waals surface area (Å²) < 4.78 is 0. The minimum atomic E-state index is -0.134. The highest BCUT2D eigenvalue weighted by Gasteiger charge is 2.20. The Bertz CT molecular complexity index is 386. The lowest BCUT2D eigenvalue weighted by Gasteiger charge is -2.05. The van der Waals surface area contributed by atoms with Crippen LogP contribution in [0.15, 0.2) is 12.4 Å². The van der Waals surface area contributed by atoms with Crippen molar-refractivity contribution < 1.29 is 4.79 Å². The lowest BCUT2D eigenvalue weighted by Crippen LogP contribution is -2.25. The number of nitrogens with one attached hydrogen (secondary N) is 2. The summed E-state index contributed by atoms with van der Waals surface area (Å²) in [6.45, 7) is 3.69. The number of carbonyl (C=O) groups excluding carboxylic acids is 1. The first kappa shape index (κ1) is 12.8. The molecule has 0 unspecified atom stereocenters. The van der Waals surface area contributed by atoms with E-state index in [0.717, 1.165) is 31.8 Å². The lowest BCUT2D eigenvalue weighted by molar-refractivity contribution is 0.0947. The van der Waals surface area contributed by atoms with Crippen LogP contribution in [0.3, 0.4) is 0 Å². The summed E-state index contributed by atoms with van der Waals surface area (Å²) in [5.74, 6) is 1.41. The molecule has 1 fully saturated rings. The van der Waals surface area contributed by atoms with Crippen molar-refractivity contribution in [1.29, 1.82) is 0 Å². The molecule has 1 saturated carbocycles. The second-order valence-electron chi connectivity index (χ2n) is 4.70. The molecule has 0 radical (unpaired) electrons. The molecule has 0 spiro atoms. The molecule has 0 aliphatic heterocycles. The summed E-state index contributed by atoms with van der Waals surface area (Å²) >= 11 is 0. The first-order chi connectivity index (χ1) is 8.79. The Hall–Kier alpha value is -1.65. The van der Waals surface area contributed by atoms with E-state index in [9.17, 15) is 4.79 Å². The van der Waals surface area contributed by atoms with Crippen LogP contribution in [0, 0.1) is 5.92 Å². The highest BCUT2D eigenvalue weighted by atomic mass is 16.1. The maximum Gasteiger partial charge on any atom is 0.271 e. The van der Waals surface area contributed by atoms with Gasteiger partial charge in [-0.05, 0) is 18.8 Å². The van der Waals surface area contributed by atoms with Crippen molar-refractivity contribution in [3.63, 3.8) is 0 Å². The van der Waals surface area contributed by atoms with Crippen LogP contribution >= 0.6 is 0 Å². The summed E-state index contributed by atoms with van der Waals surface area (Å²) in [5.41, 5.74) is 0.382. The first-order valence-corrected chi connectivity index (χ1v) is 6.63. The van der Waals surface area contributed by atoms with E-state index < -0.39 is 0 Å². The molecule has 1 aliphatic carbocycles. The first-order valence-electron chi connectivity index (χ1n) is 6.63. The van der Waals surface area contributed by atoms with Crippen LogP contribution < -0.4 is 10.6 Å². The van der Waals surface area contributed by atoms with Gasteiger partial charge in [-0.2, -0.15) is 0 Å². The SMILES string of the molecule is CCCNc1cnc(C(=O)NCCC2CC2)cn1. The lowest BCUT2D eigenvalue weighted by atomic mass is 10.3. The molecule has 18 heavy (non-hydrogen) atoms. The number of carbonyl (C=O) groups is 1. The molecule has 1 amide bonds. The van der Waals surface area contributed by atoms with Gasteiger partial charge in [0, 0.05) is 13.1 Å². The molecule has 2 N–H and O–H groups in total. The third kappa shape index (κ3) is 3.98. The van der Waals surface area contributed by atoms with Gasteiger partial charge in [0.15, 0.2) is 0 Å². The number of amides is 1. The van der Waals surface area contributed by atoms with Gasteiger partial charge in [0.25, 0.3) is 5.91 Å². The standard InChI is InChI=1S/C13H20N4O/c1-2-6-14-12-9-16-11(8-17-12)13(18)15-7-5-10-3-4-10/h8-10H,2-7H2,1H3,(H,14,17)(H,15,18). The highest BCUT2D eigenvalue weighted by molar-refractivity contribution is 5.91. The molecule has 5 heteroatoms. The predicted molar refractivity (Wildman–Crippen MR) is 70.5 cm³/mol. The number of nitrogens with zero attached hydrogens (tertiary/aromatic N) is 2. The van der Waals surface area contributed by atoms with Crippen LogP contribution in [-0.2, 0) is 0 Å². The van der Waals surface area contributed by atoms with Gasteiger partial charge in [0.1, 0.15) is 11.5 Å². The molecule has 2 rings (SSSR count). The molecule has 0 atom stereocenters. The number of hydrogen-bond acceptors (Lipinski definition) is 4. The van der Waals surface area contributed by atoms with Crippen LogP contribution in [0.2, 0.25) is 0 Å². The van der Waals surface area contributed by atoms with Crippen molar-refractivity contribution in [1.82, 2.24) is 15.3 Å². The van der Waals surface area contributed by atoms with Gasteiger partial charge < -0.3 is 10.6 Å². The Labute approximate surface area is 107 Å². The van der Waals surface area contributed by atoms with Gasteiger partial charge in [-0.15, -0.1) is 0 Å². The molecule has 1 aliphatic rings. The quantitative estimate of drug-likeness (QED) is 0.772. The summed E-state index contributed by atoms with van der Waals surface area (Å²) in [6.07, 6.45) is 7.86. The van der Waals surface area contributed by atoms with Crippen molar-refractivity contribution in [3.05, 3.63) is 18.1 Å². The van der Waals surface area contributed by atoms with Gasteiger partial charge >= 0.3 is 0 Å². The number of rotatable bonds is 7. The van der Waals surface area contributed by atoms with Crippen molar-refractivity contribution in [3.8, 4) is 0 Å². The Morgan fingerprint density at radius 2 is 2.17 bits per heavy atom. The fourth-order valence-corrected chi connectivity index (χ4v) is 1.68. The van der Waals surface area contributed by atoms with E-state index >= 15 is 0 Å². The van der Waals surface area contributed by atoms with Crippen molar-refractivity contribution in [2.24, 2.45) is 5.92 Å². The number of hydrogen-bond donors (Lipinski definition) is 2. The van der Waals surface area contributed by atoms with Gasteiger partial charge in [-0.25, -0.2) is 9.97 Å². The highest BCUT2D eigenvalue weighted by Crippen LogP contribution is 2.31. The fraction of sp³-hybridized carbons (Fsp3) is 0.615. The minimum Gasteiger partial charge on any atom is -0.369 e.